The largest absolute Gasteiger partial charge is 0.573 e. The van der Waals surface area contributed by atoms with Crippen molar-refractivity contribution in [3.8, 4) is 17.0 Å². The highest BCUT2D eigenvalue weighted by atomic mass is 19.4. The molecule has 0 unspecified atom stereocenters. The lowest BCUT2D eigenvalue weighted by Gasteiger charge is -2.10. The second-order valence-electron chi connectivity index (χ2n) is 4.41. The van der Waals surface area contributed by atoms with Crippen molar-refractivity contribution in [1.29, 1.82) is 0 Å². The van der Waals surface area contributed by atoms with Crippen molar-refractivity contribution in [2.24, 2.45) is 0 Å². The number of rotatable bonds is 5. The number of nitrogens with zero attached hydrogens (tertiary/aromatic N) is 1. The van der Waals surface area contributed by atoms with Gasteiger partial charge in [0.1, 0.15) is 11.6 Å². The maximum Gasteiger partial charge on any atom is 0.573 e. The molecule has 2 aromatic rings. The molecule has 0 aliphatic rings. The van der Waals surface area contributed by atoms with Crippen molar-refractivity contribution in [1.82, 2.24) is 4.98 Å². The van der Waals surface area contributed by atoms with Crippen molar-refractivity contribution in [3.63, 3.8) is 0 Å². The van der Waals surface area contributed by atoms with Crippen LogP contribution in [-0.2, 0) is 0 Å². The summed E-state index contributed by atoms with van der Waals surface area (Å²) in [7, 11) is 0. The van der Waals surface area contributed by atoms with Gasteiger partial charge in [0.15, 0.2) is 0 Å². The first-order valence-electron chi connectivity index (χ1n) is 6.55. The van der Waals surface area contributed by atoms with Crippen molar-refractivity contribution in [3.05, 3.63) is 42.5 Å². The van der Waals surface area contributed by atoms with E-state index in [1.54, 1.807) is 18.2 Å². The Morgan fingerprint density at radius 2 is 1.90 bits per heavy atom. The first-order chi connectivity index (χ1) is 9.98. The molecule has 0 aliphatic carbocycles. The normalized spacial score (nSPS) is 11.2. The van der Waals surface area contributed by atoms with E-state index in [-0.39, 0.29) is 5.75 Å². The minimum atomic E-state index is -4.70. The number of aromatic nitrogens is 1. The Hall–Kier alpha value is -2.24. The predicted octanol–water partition coefficient (Wildman–Crippen LogP) is 4.47. The topological polar surface area (TPSA) is 34.1 Å². The average molecular weight is 296 g/mol. The Bertz CT molecular complexity index is 599. The molecular formula is C15H15F3N2O. The minimum absolute atomic E-state index is 0.256. The number of anilines is 1. The van der Waals surface area contributed by atoms with Gasteiger partial charge in [0, 0.05) is 12.1 Å². The Morgan fingerprint density at radius 1 is 1.14 bits per heavy atom. The molecule has 6 heteroatoms. The Morgan fingerprint density at radius 3 is 2.62 bits per heavy atom. The molecule has 1 aromatic carbocycles. The third kappa shape index (κ3) is 4.66. The van der Waals surface area contributed by atoms with Crippen LogP contribution in [-0.4, -0.2) is 17.9 Å². The fourth-order valence-electron chi connectivity index (χ4n) is 1.80. The molecule has 3 nitrogen and oxygen atoms in total. The van der Waals surface area contributed by atoms with Gasteiger partial charge in [-0.05, 0) is 30.7 Å². The van der Waals surface area contributed by atoms with E-state index < -0.39 is 6.36 Å². The third-order valence-corrected chi connectivity index (χ3v) is 2.67. The Balaban J connectivity index is 2.23. The third-order valence-electron chi connectivity index (χ3n) is 2.67. The predicted molar refractivity (Wildman–Crippen MR) is 75.1 cm³/mol. The van der Waals surface area contributed by atoms with Gasteiger partial charge in [0.2, 0.25) is 0 Å². The van der Waals surface area contributed by atoms with Crippen molar-refractivity contribution in [2.75, 3.05) is 11.9 Å². The van der Waals surface area contributed by atoms with Crippen LogP contribution in [0.2, 0.25) is 0 Å². The van der Waals surface area contributed by atoms with Gasteiger partial charge in [-0.1, -0.05) is 25.1 Å². The molecule has 0 radical (unpaired) electrons. The van der Waals surface area contributed by atoms with Gasteiger partial charge >= 0.3 is 6.36 Å². The second-order valence-corrected chi connectivity index (χ2v) is 4.41. The van der Waals surface area contributed by atoms with Crippen LogP contribution in [0.25, 0.3) is 11.3 Å². The molecule has 0 spiro atoms. The Kier molecular flexibility index (Phi) is 4.67. The summed E-state index contributed by atoms with van der Waals surface area (Å²) in [5.41, 5.74) is 1.15. The lowest BCUT2D eigenvalue weighted by atomic mass is 10.1. The number of nitrogens with one attached hydrogen (secondary N) is 1. The van der Waals surface area contributed by atoms with Gasteiger partial charge in [0.25, 0.3) is 0 Å². The SMILES string of the molecule is CCCNc1cccc(-c2cccc(OC(F)(F)F)c2)n1. The summed E-state index contributed by atoms with van der Waals surface area (Å²) in [6.07, 6.45) is -3.74. The van der Waals surface area contributed by atoms with E-state index in [1.807, 2.05) is 13.0 Å². The molecule has 2 rings (SSSR count). The first-order valence-corrected chi connectivity index (χ1v) is 6.55. The van der Waals surface area contributed by atoms with Crippen LogP contribution in [0.5, 0.6) is 5.75 Å². The number of benzene rings is 1. The summed E-state index contributed by atoms with van der Waals surface area (Å²) in [5.74, 6) is 0.435. The van der Waals surface area contributed by atoms with Crippen LogP contribution in [0.15, 0.2) is 42.5 Å². The molecule has 0 fully saturated rings. The number of ether oxygens (including phenoxy) is 1. The molecule has 112 valence electrons. The van der Waals surface area contributed by atoms with Crippen molar-refractivity contribution < 1.29 is 17.9 Å². The summed E-state index contributed by atoms with van der Waals surface area (Å²) in [4.78, 5) is 4.37. The highest BCUT2D eigenvalue weighted by molar-refractivity contribution is 5.63. The maximum atomic E-state index is 12.2. The Labute approximate surface area is 120 Å². The van der Waals surface area contributed by atoms with E-state index >= 15 is 0 Å². The average Bonchev–Trinajstić information content (AvgIpc) is 2.44. The summed E-state index contributed by atoms with van der Waals surface area (Å²) < 4.78 is 40.6. The van der Waals surface area contributed by atoms with Crippen LogP contribution < -0.4 is 10.1 Å². The zero-order chi connectivity index (χ0) is 15.3. The van der Waals surface area contributed by atoms with E-state index in [2.05, 4.69) is 15.0 Å². The van der Waals surface area contributed by atoms with Gasteiger partial charge in [0.05, 0.1) is 5.69 Å². The highest BCUT2D eigenvalue weighted by Gasteiger charge is 2.31. The number of hydrogen-bond acceptors (Lipinski definition) is 3. The number of alkyl halides is 3. The summed E-state index contributed by atoms with van der Waals surface area (Å²) in [6, 6.07) is 11.1. The molecule has 1 N–H and O–H groups in total. The van der Waals surface area contributed by atoms with Crippen LogP contribution in [0.3, 0.4) is 0 Å². The van der Waals surface area contributed by atoms with Gasteiger partial charge in [-0.25, -0.2) is 4.98 Å². The van der Waals surface area contributed by atoms with Crippen LogP contribution in [0, 0.1) is 0 Å². The lowest BCUT2D eigenvalue weighted by molar-refractivity contribution is -0.274. The number of pyridine rings is 1. The monoisotopic (exact) mass is 296 g/mol. The molecule has 0 atom stereocenters. The van der Waals surface area contributed by atoms with Gasteiger partial charge in [-0.3, -0.25) is 0 Å². The summed E-state index contributed by atoms with van der Waals surface area (Å²) >= 11 is 0. The van der Waals surface area contributed by atoms with Crippen molar-refractivity contribution >= 4 is 5.82 Å². The highest BCUT2D eigenvalue weighted by Crippen LogP contribution is 2.27. The van der Waals surface area contributed by atoms with Crippen molar-refractivity contribution in [2.45, 2.75) is 19.7 Å². The summed E-state index contributed by atoms with van der Waals surface area (Å²) in [5, 5.41) is 3.13. The summed E-state index contributed by atoms with van der Waals surface area (Å²) in [6.45, 7) is 2.82. The molecule has 1 aromatic heterocycles. The lowest BCUT2D eigenvalue weighted by Crippen LogP contribution is -2.17. The molecule has 0 amide bonds. The van der Waals surface area contributed by atoms with E-state index in [0.717, 1.165) is 13.0 Å². The fraction of sp³-hybridized carbons (Fsp3) is 0.267. The van der Waals surface area contributed by atoms with Gasteiger partial charge < -0.3 is 10.1 Å². The van der Waals surface area contributed by atoms with E-state index in [1.165, 1.54) is 18.2 Å². The molecule has 0 saturated heterocycles. The smallest absolute Gasteiger partial charge is 0.406 e. The molecule has 0 aliphatic heterocycles. The number of hydrogen-bond donors (Lipinski definition) is 1. The van der Waals surface area contributed by atoms with Crippen LogP contribution in [0.1, 0.15) is 13.3 Å². The molecule has 0 saturated carbocycles. The van der Waals surface area contributed by atoms with Gasteiger partial charge in [-0.15, -0.1) is 13.2 Å². The molecular weight excluding hydrogens is 281 g/mol. The van der Waals surface area contributed by atoms with Gasteiger partial charge in [-0.2, -0.15) is 0 Å². The van der Waals surface area contributed by atoms with Crippen LogP contribution in [0.4, 0.5) is 19.0 Å². The van der Waals surface area contributed by atoms with E-state index in [0.29, 0.717) is 17.1 Å². The minimum Gasteiger partial charge on any atom is -0.406 e. The molecule has 1 heterocycles. The van der Waals surface area contributed by atoms with E-state index in [4.69, 9.17) is 0 Å². The zero-order valence-corrected chi connectivity index (χ0v) is 11.4. The zero-order valence-electron chi connectivity index (χ0n) is 11.4. The standard InChI is InChI=1S/C15H15F3N2O/c1-2-9-19-14-8-4-7-13(20-14)11-5-3-6-12(10-11)21-15(16,17)18/h3-8,10H,2,9H2,1H3,(H,19,20). The first kappa shape index (κ1) is 15.2. The second kappa shape index (κ2) is 6.47. The molecule has 0 bridgehead atoms. The quantitative estimate of drug-likeness (QED) is 0.884. The molecule has 21 heavy (non-hydrogen) atoms. The maximum absolute atomic E-state index is 12.2. The van der Waals surface area contributed by atoms with Crippen LogP contribution >= 0.6 is 0 Å². The van der Waals surface area contributed by atoms with E-state index in [9.17, 15) is 13.2 Å². The fourth-order valence-corrected chi connectivity index (χ4v) is 1.80. The number of halogens is 3.